The van der Waals surface area contributed by atoms with Crippen LogP contribution >= 0.6 is 0 Å². The molecule has 0 saturated heterocycles. The van der Waals surface area contributed by atoms with Gasteiger partial charge in [0.05, 0.1) is 24.0 Å². The highest BCUT2D eigenvalue weighted by molar-refractivity contribution is 5.89. The summed E-state index contributed by atoms with van der Waals surface area (Å²) in [4.78, 5) is 33.4. The first-order valence-electron chi connectivity index (χ1n) is 12.5. The Morgan fingerprint density at radius 2 is 1.92 bits per heavy atom. The van der Waals surface area contributed by atoms with Crippen LogP contribution in [0.1, 0.15) is 48.7 Å². The zero-order valence-corrected chi connectivity index (χ0v) is 23.3. The Bertz CT molecular complexity index is 1480. The largest absolute Gasteiger partial charge is 0.416 e. The van der Waals surface area contributed by atoms with E-state index in [-0.39, 0.29) is 17.0 Å². The summed E-state index contributed by atoms with van der Waals surface area (Å²) in [6, 6.07) is 5.66. The molecule has 1 aromatic carbocycles. The molecule has 0 bridgehead atoms. The van der Waals surface area contributed by atoms with Crippen LogP contribution in [0.15, 0.2) is 41.5 Å². The van der Waals surface area contributed by atoms with E-state index >= 15 is 0 Å². The number of hydrogen-bond acceptors (Lipinski definition) is 5. The van der Waals surface area contributed by atoms with Crippen molar-refractivity contribution in [3.8, 4) is 0 Å². The number of carbonyl (C=O) groups excluding carboxylic acids is 1. The van der Waals surface area contributed by atoms with Crippen molar-refractivity contribution < 1.29 is 27.6 Å². The molecule has 1 aliphatic rings. The minimum atomic E-state index is -4.45. The molecule has 0 aliphatic carbocycles. The minimum Gasteiger partial charge on any atom is -0.400 e. The third-order valence-electron chi connectivity index (χ3n) is 7.38. The summed E-state index contributed by atoms with van der Waals surface area (Å²) in [5.41, 5.74) is 1.96. The van der Waals surface area contributed by atoms with Crippen molar-refractivity contribution in [2.45, 2.75) is 39.4 Å². The van der Waals surface area contributed by atoms with E-state index in [1.807, 2.05) is 19.1 Å². The van der Waals surface area contributed by atoms with E-state index in [0.717, 1.165) is 24.4 Å². The zero-order valence-electron chi connectivity index (χ0n) is 23.3. The number of fused-ring (bicyclic) bond motifs is 1. The van der Waals surface area contributed by atoms with Gasteiger partial charge in [-0.25, -0.2) is 4.57 Å². The Balaban J connectivity index is 0.00000205. The standard InChI is InChI=1S/C27H31F3N5O2.CH4O/c1-16-20(8-7-9-22(16)27(28,29)30)17(2)33(5)25-21-14-23(19-10-12-35(13-11-19)18(3)36)34(6)26(37)24(21)32(4)15-31-25;1-2/h7-10,14-15,17H,11-13H2,1-6H3;2H,1H3/q+1;/t17-;/m1./s1. The second-order valence-electron chi connectivity index (χ2n) is 9.58. The predicted octanol–water partition coefficient (Wildman–Crippen LogP) is 3.53. The second-order valence-corrected chi connectivity index (χ2v) is 9.58. The number of carbonyl (C=O) groups is 1. The van der Waals surface area contributed by atoms with Crippen molar-refractivity contribution in [3.63, 3.8) is 0 Å². The molecule has 2 aromatic heterocycles. The van der Waals surface area contributed by atoms with Gasteiger partial charge >= 0.3 is 6.18 Å². The molecule has 1 N–H and O–H groups in total. The summed E-state index contributed by atoms with van der Waals surface area (Å²) in [5, 5.41) is 7.61. The van der Waals surface area contributed by atoms with E-state index in [4.69, 9.17) is 5.11 Å². The molecule has 1 atom stereocenters. The lowest BCUT2D eigenvalue weighted by Crippen LogP contribution is -2.39. The van der Waals surface area contributed by atoms with Crippen LogP contribution in [0.3, 0.4) is 0 Å². The Labute approximate surface area is 225 Å². The number of hydrogen-bond donors (Lipinski definition) is 1. The van der Waals surface area contributed by atoms with Crippen LogP contribution in [0, 0.1) is 6.92 Å². The van der Waals surface area contributed by atoms with Gasteiger partial charge in [-0.15, -0.1) is 0 Å². The highest BCUT2D eigenvalue weighted by atomic mass is 19.4. The van der Waals surface area contributed by atoms with Crippen molar-refractivity contribution in [2.75, 3.05) is 32.1 Å². The second kappa shape index (κ2) is 11.6. The monoisotopic (exact) mass is 546 g/mol. The van der Waals surface area contributed by atoms with Crippen LogP contribution in [0.2, 0.25) is 0 Å². The van der Waals surface area contributed by atoms with E-state index < -0.39 is 17.8 Å². The molecule has 0 unspecified atom stereocenters. The summed E-state index contributed by atoms with van der Waals surface area (Å²) in [6.07, 6.45) is -0.335. The number of aromatic nitrogens is 3. The minimum absolute atomic E-state index is 0.00158. The van der Waals surface area contributed by atoms with Crippen LogP contribution in [0.4, 0.5) is 19.0 Å². The lowest BCUT2D eigenvalue weighted by Gasteiger charge is -2.28. The molecule has 3 aromatic rings. The lowest BCUT2D eigenvalue weighted by molar-refractivity contribution is -0.648. The van der Waals surface area contributed by atoms with Crippen LogP contribution in [0.25, 0.3) is 16.5 Å². The van der Waals surface area contributed by atoms with E-state index in [1.54, 1.807) is 52.5 Å². The molecular formula is C28H35F3N5O3+. The Hall–Kier alpha value is -3.73. The normalized spacial score (nSPS) is 14.4. The first-order valence-corrected chi connectivity index (χ1v) is 12.5. The fourth-order valence-corrected chi connectivity index (χ4v) is 5.05. The molecule has 3 heterocycles. The maximum absolute atomic E-state index is 13.5. The average Bonchev–Trinajstić information content (AvgIpc) is 2.90. The van der Waals surface area contributed by atoms with Crippen molar-refractivity contribution in [3.05, 3.63) is 69.4 Å². The Morgan fingerprint density at radius 3 is 2.49 bits per heavy atom. The third-order valence-corrected chi connectivity index (χ3v) is 7.38. The SMILES string of the molecule is CC(=O)N1CC=C(c2cc3c(N(C)[C@H](C)c4cccc(C(F)(F)F)c4C)nc[n+](C)c3c(=O)n2C)CC1.CO. The van der Waals surface area contributed by atoms with Crippen LogP contribution in [-0.2, 0) is 25.1 Å². The van der Waals surface area contributed by atoms with E-state index in [9.17, 15) is 22.8 Å². The smallest absolute Gasteiger partial charge is 0.400 e. The van der Waals surface area contributed by atoms with Crippen molar-refractivity contribution >= 4 is 28.2 Å². The first-order chi connectivity index (χ1) is 18.3. The van der Waals surface area contributed by atoms with E-state index in [1.165, 1.54) is 19.9 Å². The maximum atomic E-state index is 13.5. The molecular weight excluding hydrogens is 511 g/mol. The molecule has 1 aliphatic heterocycles. The van der Waals surface area contributed by atoms with E-state index in [2.05, 4.69) is 4.98 Å². The van der Waals surface area contributed by atoms with Gasteiger partial charge in [0, 0.05) is 46.9 Å². The molecule has 0 saturated carbocycles. The number of rotatable bonds is 4. The van der Waals surface area contributed by atoms with Crippen LogP contribution in [0.5, 0.6) is 0 Å². The Morgan fingerprint density at radius 1 is 1.26 bits per heavy atom. The van der Waals surface area contributed by atoms with Crippen molar-refractivity contribution in [1.29, 1.82) is 0 Å². The zero-order chi connectivity index (χ0) is 29.2. The molecule has 210 valence electrons. The molecule has 4 rings (SSSR count). The number of anilines is 1. The van der Waals surface area contributed by atoms with Gasteiger partial charge in [-0.3, -0.25) is 9.59 Å². The molecule has 0 fully saturated rings. The van der Waals surface area contributed by atoms with Gasteiger partial charge in [0.15, 0.2) is 0 Å². The number of alkyl halides is 3. The van der Waals surface area contributed by atoms with Crippen molar-refractivity contribution in [2.24, 2.45) is 14.1 Å². The number of pyridine rings is 1. The first kappa shape index (κ1) is 29.8. The van der Waals surface area contributed by atoms with Crippen molar-refractivity contribution in [1.82, 2.24) is 14.5 Å². The summed E-state index contributed by atoms with van der Waals surface area (Å²) < 4.78 is 43.9. The number of aliphatic hydroxyl groups is 1. The number of amides is 1. The average molecular weight is 547 g/mol. The molecule has 0 radical (unpaired) electrons. The molecule has 11 heteroatoms. The molecule has 1 amide bonds. The van der Waals surface area contributed by atoms with Gasteiger partial charge in [-0.2, -0.15) is 13.2 Å². The highest BCUT2D eigenvalue weighted by Gasteiger charge is 2.34. The topological polar surface area (TPSA) is 82.6 Å². The molecule has 39 heavy (non-hydrogen) atoms. The van der Waals surface area contributed by atoms with Gasteiger partial charge < -0.3 is 19.5 Å². The van der Waals surface area contributed by atoms with E-state index in [0.29, 0.717) is 41.8 Å². The lowest BCUT2D eigenvalue weighted by atomic mass is 9.96. The predicted molar refractivity (Wildman–Crippen MR) is 144 cm³/mol. The number of aryl methyl sites for hydroxylation is 1. The fraction of sp³-hybridized carbons (Fsp3) is 0.429. The van der Waals surface area contributed by atoms with Gasteiger partial charge in [-0.1, -0.05) is 18.2 Å². The number of nitrogens with zero attached hydrogens (tertiary/aromatic N) is 5. The maximum Gasteiger partial charge on any atom is 0.416 e. The van der Waals surface area contributed by atoms with Crippen LogP contribution < -0.4 is 15.0 Å². The number of aliphatic hydroxyl groups excluding tert-OH is 1. The third kappa shape index (κ3) is 5.68. The number of benzene rings is 1. The van der Waals surface area contributed by atoms with Gasteiger partial charge in [0.25, 0.3) is 17.7 Å². The summed E-state index contributed by atoms with van der Waals surface area (Å²) in [6.45, 7) is 5.87. The van der Waals surface area contributed by atoms with Gasteiger partial charge in [-0.05, 0) is 54.1 Å². The number of halogens is 3. The summed E-state index contributed by atoms with van der Waals surface area (Å²) >= 11 is 0. The molecule has 0 spiro atoms. The molecule has 8 nitrogen and oxygen atoms in total. The van der Waals surface area contributed by atoms with Crippen LogP contribution in [-0.4, -0.2) is 52.7 Å². The summed E-state index contributed by atoms with van der Waals surface area (Å²) in [5.74, 6) is 0.500. The quantitative estimate of drug-likeness (QED) is 0.507. The van der Waals surface area contributed by atoms with Gasteiger partial charge in [0.2, 0.25) is 11.4 Å². The highest BCUT2D eigenvalue weighted by Crippen LogP contribution is 2.37. The Kier molecular flexibility index (Phi) is 8.84. The summed E-state index contributed by atoms with van der Waals surface area (Å²) in [7, 11) is 6.23. The fourth-order valence-electron chi connectivity index (χ4n) is 5.05. The van der Waals surface area contributed by atoms with Gasteiger partial charge in [0.1, 0.15) is 0 Å².